The molecule has 3 heterocycles. The molecule has 30 heavy (non-hydrogen) atoms. The Morgan fingerprint density at radius 2 is 1.90 bits per heavy atom. The summed E-state index contributed by atoms with van der Waals surface area (Å²) in [6.45, 7) is 0. The molecule has 0 spiro atoms. The minimum atomic E-state index is -3.86. The predicted molar refractivity (Wildman–Crippen MR) is 122 cm³/mol. The molecule has 0 bridgehead atoms. The number of hydrogen-bond acceptors (Lipinski definition) is 6. The van der Waals surface area contributed by atoms with E-state index in [1.165, 1.54) is 6.07 Å². The summed E-state index contributed by atoms with van der Waals surface area (Å²) in [5.74, 6) is -0.426. The minimum Gasteiger partial charge on any atom is -0.321 e. The number of nitrogens with one attached hydrogen (secondary N) is 2. The number of nitrogens with zero attached hydrogens (tertiary/aromatic N) is 1. The van der Waals surface area contributed by atoms with Crippen LogP contribution in [0.2, 0.25) is 5.02 Å². The van der Waals surface area contributed by atoms with Crippen LogP contribution in [0.4, 0.5) is 11.4 Å². The molecule has 0 aliphatic carbocycles. The Labute approximate surface area is 186 Å². The smallest absolute Gasteiger partial charge is 0.271 e. The molecular formula is C20H14ClN3O3S3. The predicted octanol–water partition coefficient (Wildman–Crippen LogP) is 5.58. The molecule has 0 radical (unpaired) electrons. The van der Waals surface area contributed by atoms with Crippen molar-refractivity contribution in [1.82, 2.24) is 4.98 Å². The second-order valence-electron chi connectivity index (χ2n) is 6.07. The van der Waals surface area contributed by atoms with Gasteiger partial charge in [0.25, 0.3) is 15.9 Å². The average Bonchev–Trinajstić information content (AvgIpc) is 3.38. The molecule has 0 saturated carbocycles. The lowest BCUT2D eigenvalue weighted by molar-refractivity contribution is 0.103. The Hall–Kier alpha value is -2.72. The molecule has 1 amide bonds. The average molecular weight is 476 g/mol. The molecule has 1 aromatic carbocycles. The number of pyridine rings is 1. The molecule has 4 aromatic rings. The summed E-state index contributed by atoms with van der Waals surface area (Å²) in [5, 5.41) is 4.86. The highest BCUT2D eigenvalue weighted by Crippen LogP contribution is 2.32. The van der Waals surface area contributed by atoms with Gasteiger partial charge < -0.3 is 5.32 Å². The summed E-state index contributed by atoms with van der Waals surface area (Å²) < 4.78 is 28.4. The van der Waals surface area contributed by atoms with Gasteiger partial charge in [-0.2, -0.15) is 0 Å². The number of carbonyl (C=O) groups excluding carboxylic acids is 1. The van der Waals surface area contributed by atoms with Crippen molar-refractivity contribution in [1.29, 1.82) is 0 Å². The van der Waals surface area contributed by atoms with Gasteiger partial charge in [-0.3, -0.25) is 14.5 Å². The molecule has 0 atom stereocenters. The van der Waals surface area contributed by atoms with E-state index in [2.05, 4.69) is 15.0 Å². The number of anilines is 2. The lowest BCUT2D eigenvalue weighted by Gasteiger charge is -2.08. The van der Waals surface area contributed by atoms with E-state index in [4.69, 9.17) is 11.6 Å². The Balaban J connectivity index is 1.54. The van der Waals surface area contributed by atoms with Crippen LogP contribution in [0.25, 0.3) is 10.6 Å². The second-order valence-corrected chi connectivity index (χ2v) is 10.4. The van der Waals surface area contributed by atoms with Crippen molar-refractivity contribution in [2.45, 2.75) is 4.21 Å². The van der Waals surface area contributed by atoms with Crippen LogP contribution >= 0.6 is 34.3 Å². The van der Waals surface area contributed by atoms with Crippen molar-refractivity contribution < 1.29 is 13.2 Å². The Morgan fingerprint density at radius 3 is 2.67 bits per heavy atom. The van der Waals surface area contributed by atoms with Gasteiger partial charge in [0.1, 0.15) is 9.09 Å². The van der Waals surface area contributed by atoms with E-state index in [-0.39, 0.29) is 14.8 Å². The first kappa shape index (κ1) is 20.5. The van der Waals surface area contributed by atoms with Crippen LogP contribution in [0.15, 0.2) is 76.4 Å². The topological polar surface area (TPSA) is 88.2 Å². The zero-order valence-electron chi connectivity index (χ0n) is 15.2. The number of hydrogen-bond donors (Lipinski definition) is 2. The maximum absolute atomic E-state index is 12.9. The van der Waals surface area contributed by atoms with Gasteiger partial charge in [-0.15, -0.1) is 22.7 Å². The molecule has 6 nitrogen and oxygen atoms in total. The monoisotopic (exact) mass is 475 g/mol. The fourth-order valence-corrected chi connectivity index (χ4v) is 5.98. The Bertz CT molecular complexity index is 1300. The number of rotatable bonds is 6. The van der Waals surface area contributed by atoms with E-state index in [1.807, 2.05) is 12.1 Å². The minimum absolute atomic E-state index is 0.135. The molecule has 0 unspecified atom stereocenters. The highest BCUT2D eigenvalue weighted by Gasteiger charge is 2.22. The molecule has 2 N–H and O–H groups in total. The van der Waals surface area contributed by atoms with Gasteiger partial charge in [0.05, 0.1) is 16.3 Å². The third-order valence-corrected chi connectivity index (χ3v) is 8.08. The van der Waals surface area contributed by atoms with Crippen molar-refractivity contribution in [2.75, 3.05) is 10.0 Å². The van der Waals surface area contributed by atoms with Gasteiger partial charge in [-0.1, -0.05) is 23.7 Å². The number of amides is 1. The number of carbonyl (C=O) groups is 1. The van der Waals surface area contributed by atoms with Gasteiger partial charge in [0, 0.05) is 16.9 Å². The molecule has 3 aromatic heterocycles. The zero-order chi connectivity index (χ0) is 21.1. The molecule has 0 fully saturated rings. The van der Waals surface area contributed by atoms with Gasteiger partial charge >= 0.3 is 0 Å². The normalized spacial score (nSPS) is 11.2. The van der Waals surface area contributed by atoms with Crippen LogP contribution in [-0.2, 0) is 10.0 Å². The first-order chi connectivity index (χ1) is 14.4. The fourth-order valence-electron chi connectivity index (χ4n) is 2.63. The van der Waals surface area contributed by atoms with Crippen molar-refractivity contribution >= 4 is 61.6 Å². The summed E-state index contributed by atoms with van der Waals surface area (Å²) >= 11 is 8.19. The van der Waals surface area contributed by atoms with Crippen LogP contribution in [0, 0.1) is 0 Å². The van der Waals surface area contributed by atoms with Crippen molar-refractivity contribution in [3.63, 3.8) is 0 Å². The van der Waals surface area contributed by atoms with Gasteiger partial charge in [0.2, 0.25) is 0 Å². The second kappa shape index (κ2) is 8.57. The molecule has 10 heteroatoms. The van der Waals surface area contributed by atoms with Gasteiger partial charge in [-0.05, 0) is 53.9 Å². The zero-order valence-corrected chi connectivity index (χ0v) is 18.4. The number of thiophene rings is 2. The van der Waals surface area contributed by atoms with Crippen LogP contribution in [-0.4, -0.2) is 19.3 Å². The SMILES string of the molecule is O=C(Nc1cccc(Cl)c1)c1sccc1NS(=O)(=O)c1ccc(-c2ccccn2)s1. The molecule has 0 saturated heterocycles. The first-order valence-corrected chi connectivity index (χ1v) is 12.2. The first-order valence-electron chi connectivity index (χ1n) is 8.61. The lowest BCUT2D eigenvalue weighted by Crippen LogP contribution is -2.16. The summed E-state index contributed by atoms with van der Waals surface area (Å²) in [6, 6.07) is 17.0. The molecule has 4 rings (SSSR count). The van der Waals surface area contributed by atoms with Gasteiger partial charge in [0.15, 0.2) is 0 Å². The molecule has 152 valence electrons. The van der Waals surface area contributed by atoms with E-state index >= 15 is 0 Å². The molecule has 0 aliphatic rings. The largest absolute Gasteiger partial charge is 0.321 e. The fraction of sp³-hybridized carbons (Fsp3) is 0. The van der Waals surface area contributed by atoms with Crippen LogP contribution in [0.5, 0.6) is 0 Å². The van der Waals surface area contributed by atoms with Gasteiger partial charge in [-0.25, -0.2) is 8.42 Å². The van der Waals surface area contributed by atoms with Crippen LogP contribution < -0.4 is 10.0 Å². The molecular weight excluding hydrogens is 462 g/mol. The Kier molecular flexibility index (Phi) is 5.87. The molecule has 0 aliphatic heterocycles. The third-order valence-electron chi connectivity index (χ3n) is 3.96. The van der Waals surface area contributed by atoms with Crippen LogP contribution in [0.3, 0.4) is 0 Å². The van der Waals surface area contributed by atoms with E-state index in [1.54, 1.807) is 54.0 Å². The van der Waals surface area contributed by atoms with E-state index in [0.717, 1.165) is 27.6 Å². The quantitative estimate of drug-likeness (QED) is 0.381. The van der Waals surface area contributed by atoms with E-state index in [0.29, 0.717) is 16.4 Å². The third kappa shape index (κ3) is 4.54. The maximum Gasteiger partial charge on any atom is 0.271 e. The highest BCUT2D eigenvalue weighted by atomic mass is 35.5. The summed E-state index contributed by atoms with van der Waals surface area (Å²) in [4.78, 5) is 17.9. The van der Waals surface area contributed by atoms with Crippen LogP contribution in [0.1, 0.15) is 9.67 Å². The maximum atomic E-state index is 12.9. The number of aromatic nitrogens is 1. The number of halogens is 1. The van der Waals surface area contributed by atoms with E-state index in [9.17, 15) is 13.2 Å². The van der Waals surface area contributed by atoms with E-state index < -0.39 is 15.9 Å². The lowest BCUT2D eigenvalue weighted by atomic mass is 10.3. The highest BCUT2D eigenvalue weighted by molar-refractivity contribution is 7.94. The summed E-state index contributed by atoms with van der Waals surface area (Å²) in [7, 11) is -3.86. The standard InChI is InChI=1S/C20H14ClN3O3S3/c21-13-4-3-5-14(12-13)23-20(25)19-16(9-11-28-19)24-30(26,27)18-8-7-17(29-18)15-6-1-2-10-22-15/h1-12,24H,(H,23,25). The van der Waals surface area contributed by atoms with Crippen molar-refractivity contribution in [3.05, 3.63) is 82.1 Å². The number of sulfonamides is 1. The van der Waals surface area contributed by atoms with Crippen molar-refractivity contribution in [2.24, 2.45) is 0 Å². The summed E-state index contributed by atoms with van der Waals surface area (Å²) in [6.07, 6.45) is 1.65. The number of benzene rings is 1. The van der Waals surface area contributed by atoms with Crippen molar-refractivity contribution in [3.8, 4) is 10.6 Å². The summed E-state index contributed by atoms with van der Waals surface area (Å²) in [5.41, 5.74) is 1.43. The Morgan fingerprint density at radius 1 is 1.03 bits per heavy atom.